The lowest BCUT2D eigenvalue weighted by atomic mass is 9.91. The van der Waals surface area contributed by atoms with E-state index in [-0.39, 0.29) is 0 Å². The fraction of sp³-hybridized carbons (Fsp3) is 0.571. The van der Waals surface area contributed by atoms with E-state index in [1.807, 2.05) is 12.1 Å². The van der Waals surface area contributed by atoms with Gasteiger partial charge in [0.1, 0.15) is 11.8 Å². The van der Waals surface area contributed by atoms with E-state index in [0.717, 1.165) is 37.8 Å². The average molecular weight is 244 g/mol. The number of hydrogen-bond donors (Lipinski definition) is 1. The first-order valence-corrected chi connectivity index (χ1v) is 6.50. The molecule has 96 valence electrons. The minimum atomic E-state index is 0.378. The predicted octanol–water partition coefficient (Wildman–Crippen LogP) is 1.65. The van der Waals surface area contributed by atoms with Crippen molar-refractivity contribution in [1.82, 2.24) is 9.88 Å². The molecule has 4 nitrogen and oxygen atoms in total. The Labute approximate surface area is 108 Å². The second-order valence-electron chi connectivity index (χ2n) is 5.11. The molecule has 1 aliphatic carbocycles. The SMILES string of the molecule is CN(Cc1cccnc1C#N)C1CCC(N)CC1. The lowest BCUT2D eigenvalue weighted by Gasteiger charge is -2.33. The van der Waals surface area contributed by atoms with Crippen LogP contribution in [0.2, 0.25) is 0 Å². The summed E-state index contributed by atoms with van der Waals surface area (Å²) in [6.07, 6.45) is 6.18. The summed E-state index contributed by atoms with van der Waals surface area (Å²) in [6, 6.07) is 6.98. The Morgan fingerprint density at radius 1 is 1.44 bits per heavy atom. The van der Waals surface area contributed by atoms with Crippen molar-refractivity contribution in [2.45, 2.75) is 44.3 Å². The molecule has 2 N–H and O–H groups in total. The fourth-order valence-electron chi connectivity index (χ4n) is 2.61. The zero-order valence-corrected chi connectivity index (χ0v) is 10.8. The molecule has 0 radical (unpaired) electrons. The van der Waals surface area contributed by atoms with Crippen molar-refractivity contribution in [3.05, 3.63) is 29.6 Å². The summed E-state index contributed by atoms with van der Waals surface area (Å²) in [5.41, 5.74) is 7.47. The second kappa shape index (κ2) is 5.94. The third-order valence-electron chi connectivity index (χ3n) is 3.78. The monoisotopic (exact) mass is 244 g/mol. The van der Waals surface area contributed by atoms with E-state index in [0.29, 0.717) is 17.8 Å². The summed E-state index contributed by atoms with van der Waals surface area (Å²) >= 11 is 0. The quantitative estimate of drug-likeness (QED) is 0.878. The van der Waals surface area contributed by atoms with E-state index in [1.165, 1.54) is 0 Å². The van der Waals surface area contributed by atoms with Crippen LogP contribution in [0.1, 0.15) is 36.9 Å². The molecule has 0 amide bonds. The summed E-state index contributed by atoms with van der Waals surface area (Å²) in [5.74, 6) is 0. The smallest absolute Gasteiger partial charge is 0.144 e. The molecule has 4 heteroatoms. The summed E-state index contributed by atoms with van der Waals surface area (Å²) < 4.78 is 0. The van der Waals surface area contributed by atoms with Crippen molar-refractivity contribution in [1.29, 1.82) is 5.26 Å². The molecular formula is C14H20N4. The van der Waals surface area contributed by atoms with Crippen molar-refractivity contribution >= 4 is 0 Å². The van der Waals surface area contributed by atoms with Gasteiger partial charge in [-0.1, -0.05) is 6.07 Å². The van der Waals surface area contributed by atoms with Gasteiger partial charge in [-0.25, -0.2) is 4.98 Å². The van der Waals surface area contributed by atoms with E-state index in [4.69, 9.17) is 11.0 Å². The number of nitriles is 1. The fourth-order valence-corrected chi connectivity index (χ4v) is 2.61. The molecule has 0 aromatic carbocycles. The number of pyridine rings is 1. The van der Waals surface area contributed by atoms with Crippen LogP contribution in [0.25, 0.3) is 0 Å². The van der Waals surface area contributed by atoms with Crippen LogP contribution in [0, 0.1) is 11.3 Å². The molecule has 0 atom stereocenters. The zero-order valence-electron chi connectivity index (χ0n) is 10.8. The Morgan fingerprint density at radius 2 is 2.17 bits per heavy atom. The molecule has 1 aromatic heterocycles. The van der Waals surface area contributed by atoms with Gasteiger partial charge in [-0.2, -0.15) is 5.26 Å². The van der Waals surface area contributed by atoms with E-state index in [1.54, 1.807) is 6.20 Å². The van der Waals surface area contributed by atoms with Gasteiger partial charge in [-0.15, -0.1) is 0 Å². The Morgan fingerprint density at radius 3 is 2.83 bits per heavy atom. The van der Waals surface area contributed by atoms with E-state index in [2.05, 4.69) is 23.0 Å². The highest BCUT2D eigenvalue weighted by atomic mass is 15.1. The summed E-state index contributed by atoms with van der Waals surface area (Å²) in [4.78, 5) is 6.42. The molecule has 1 aromatic rings. The standard InChI is InChI=1S/C14H20N4/c1-18(13-6-4-12(16)5-7-13)10-11-3-2-8-17-14(11)9-15/h2-3,8,12-13H,4-7,10,16H2,1H3. The number of rotatable bonds is 3. The maximum atomic E-state index is 9.03. The van der Waals surface area contributed by atoms with Gasteiger partial charge in [-0.3, -0.25) is 4.90 Å². The van der Waals surface area contributed by atoms with Gasteiger partial charge in [-0.05, 0) is 38.8 Å². The van der Waals surface area contributed by atoms with Crippen LogP contribution in [-0.4, -0.2) is 29.0 Å². The van der Waals surface area contributed by atoms with Crippen LogP contribution >= 0.6 is 0 Å². The molecule has 0 bridgehead atoms. The predicted molar refractivity (Wildman–Crippen MR) is 70.7 cm³/mol. The van der Waals surface area contributed by atoms with Gasteiger partial charge in [0.2, 0.25) is 0 Å². The van der Waals surface area contributed by atoms with E-state index < -0.39 is 0 Å². The molecule has 0 saturated heterocycles. The molecule has 2 rings (SSSR count). The molecule has 0 unspecified atom stereocenters. The first kappa shape index (κ1) is 13.0. The van der Waals surface area contributed by atoms with Crippen LogP contribution in [0.3, 0.4) is 0 Å². The van der Waals surface area contributed by atoms with Crippen molar-refractivity contribution in [3.63, 3.8) is 0 Å². The van der Waals surface area contributed by atoms with Gasteiger partial charge in [0, 0.05) is 30.4 Å². The Bertz CT molecular complexity index is 430. The highest BCUT2D eigenvalue weighted by Crippen LogP contribution is 2.22. The lowest BCUT2D eigenvalue weighted by Crippen LogP contribution is -2.38. The molecule has 18 heavy (non-hydrogen) atoms. The molecule has 1 saturated carbocycles. The topological polar surface area (TPSA) is 65.9 Å². The first-order valence-electron chi connectivity index (χ1n) is 6.50. The van der Waals surface area contributed by atoms with Gasteiger partial charge in [0.25, 0.3) is 0 Å². The van der Waals surface area contributed by atoms with Crippen molar-refractivity contribution < 1.29 is 0 Å². The molecule has 1 aliphatic rings. The third kappa shape index (κ3) is 3.06. The summed E-state index contributed by atoms with van der Waals surface area (Å²) in [6.45, 7) is 0.788. The van der Waals surface area contributed by atoms with Crippen LogP contribution in [-0.2, 0) is 6.54 Å². The Hall–Kier alpha value is -1.44. The molecule has 0 aliphatic heterocycles. The number of nitrogens with two attached hydrogens (primary N) is 1. The normalized spacial score (nSPS) is 23.9. The number of aromatic nitrogens is 1. The average Bonchev–Trinajstić information content (AvgIpc) is 2.40. The van der Waals surface area contributed by atoms with Crippen LogP contribution < -0.4 is 5.73 Å². The largest absolute Gasteiger partial charge is 0.328 e. The minimum absolute atomic E-state index is 0.378. The number of nitrogens with zero attached hydrogens (tertiary/aromatic N) is 3. The third-order valence-corrected chi connectivity index (χ3v) is 3.78. The van der Waals surface area contributed by atoms with Gasteiger partial charge < -0.3 is 5.73 Å². The van der Waals surface area contributed by atoms with Gasteiger partial charge in [0.05, 0.1) is 0 Å². The maximum Gasteiger partial charge on any atom is 0.144 e. The Balaban J connectivity index is 1.99. The van der Waals surface area contributed by atoms with E-state index >= 15 is 0 Å². The first-order chi connectivity index (χ1) is 8.70. The van der Waals surface area contributed by atoms with Crippen LogP contribution in [0.15, 0.2) is 18.3 Å². The van der Waals surface area contributed by atoms with E-state index in [9.17, 15) is 0 Å². The molecule has 1 heterocycles. The highest BCUT2D eigenvalue weighted by molar-refractivity contribution is 5.30. The molecular weight excluding hydrogens is 224 g/mol. The minimum Gasteiger partial charge on any atom is -0.328 e. The van der Waals surface area contributed by atoms with Crippen molar-refractivity contribution in [2.75, 3.05) is 7.05 Å². The lowest BCUT2D eigenvalue weighted by molar-refractivity contribution is 0.176. The van der Waals surface area contributed by atoms with Gasteiger partial charge in [0.15, 0.2) is 0 Å². The highest BCUT2D eigenvalue weighted by Gasteiger charge is 2.22. The second-order valence-corrected chi connectivity index (χ2v) is 5.11. The van der Waals surface area contributed by atoms with Crippen molar-refractivity contribution in [2.24, 2.45) is 5.73 Å². The molecule has 1 fully saturated rings. The Kier molecular flexibility index (Phi) is 4.29. The van der Waals surface area contributed by atoms with Gasteiger partial charge >= 0.3 is 0 Å². The maximum absolute atomic E-state index is 9.03. The van der Waals surface area contributed by atoms with Crippen LogP contribution in [0.4, 0.5) is 0 Å². The zero-order chi connectivity index (χ0) is 13.0. The van der Waals surface area contributed by atoms with Crippen molar-refractivity contribution in [3.8, 4) is 6.07 Å². The number of hydrogen-bond acceptors (Lipinski definition) is 4. The summed E-state index contributed by atoms with van der Waals surface area (Å²) in [7, 11) is 2.12. The molecule has 0 spiro atoms. The van der Waals surface area contributed by atoms with Crippen LogP contribution in [0.5, 0.6) is 0 Å². The summed E-state index contributed by atoms with van der Waals surface area (Å²) in [5, 5.41) is 9.03.